The fourth-order valence-electron chi connectivity index (χ4n) is 3.43. The monoisotopic (exact) mass is 411 g/mol. The number of hydrogen-bond acceptors (Lipinski definition) is 4. The third kappa shape index (κ3) is 4.22. The summed E-state index contributed by atoms with van der Waals surface area (Å²) in [7, 11) is 0. The van der Waals surface area contributed by atoms with Crippen LogP contribution >= 0.6 is 11.6 Å². The minimum absolute atomic E-state index is 0.0342. The lowest BCUT2D eigenvalue weighted by Gasteiger charge is -2.27. The standard InChI is InChI=1S/C22H22ClN3O3/c1-2-28-19-5-3-4-6-20(19)29-14-21(27)26-12-11-18-17(13-26)22(25-24-18)15-7-9-16(23)10-8-15/h3-10H,2,11-14H2,1H3,(H,24,25). The number of amides is 1. The topological polar surface area (TPSA) is 67.5 Å². The molecule has 0 bridgehead atoms. The van der Waals surface area contributed by atoms with Gasteiger partial charge in [0, 0.05) is 41.4 Å². The maximum atomic E-state index is 12.8. The molecule has 1 aliphatic heterocycles. The molecule has 0 radical (unpaired) electrons. The van der Waals surface area contributed by atoms with Crippen molar-refractivity contribution in [2.24, 2.45) is 0 Å². The normalized spacial score (nSPS) is 13.1. The molecule has 29 heavy (non-hydrogen) atoms. The summed E-state index contributed by atoms with van der Waals surface area (Å²) in [6.07, 6.45) is 0.733. The minimum atomic E-state index is -0.0646. The van der Waals surface area contributed by atoms with Crippen molar-refractivity contribution in [2.75, 3.05) is 19.8 Å². The summed E-state index contributed by atoms with van der Waals surface area (Å²) < 4.78 is 11.3. The molecular weight excluding hydrogens is 390 g/mol. The second kappa shape index (κ2) is 8.57. The first-order valence-electron chi connectivity index (χ1n) is 9.60. The van der Waals surface area contributed by atoms with Crippen molar-refractivity contribution >= 4 is 17.5 Å². The number of aromatic nitrogens is 2. The Hall–Kier alpha value is -2.99. The number of carbonyl (C=O) groups excluding carboxylic acids is 1. The van der Waals surface area contributed by atoms with Gasteiger partial charge >= 0.3 is 0 Å². The van der Waals surface area contributed by atoms with E-state index in [2.05, 4.69) is 10.2 Å². The number of aromatic amines is 1. The van der Waals surface area contributed by atoms with E-state index in [9.17, 15) is 4.79 Å². The van der Waals surface area contributed by atoms with Gasteiger partial charge < -0.3 is 14.4 Å². The van der Waals surface area contributed by atoms with E-state index in [1.807, 2.05) is 49.4 Å². The van der Waals surface area contributed by atoms with Gasteiger partial charge in [0.2, 0.25) is 0 Å². The molecule has 2 heterocycles. The number of H-pyrrole nitrogens is 1. The van der Waals surface area contributed by atoms with Crippen LogP contribution in [-0.4, -0.2) is 40.8 Å². The Labute approximate surface area is 174 Å². The van der Waals surface area contributed by atoms with Crippen molar-refractivity contribution in [3.05, 3.63) is 64.8 Å². The van der Waals surface area contributed by atoms with Crippen LogP contribution in [0.1, 0.15) is 18.2 Å². The van der Waals surface area contributed by atoms with E-state index < -0.39 is 0 Å². The largest absolute Gasteiger partial charge is 0.490 e. The van der Waals surface area contributed by atoms with Crippen LogP contribution in [0, 0.1) is 0 Å². The van der Waals surface area contributed by atoms with Crippen molar-refractivity contribution in [2.45, 2.75) is 19.9 Å². The van der Waals surface area contributed by atoms with Gasteiger partial charge in [-0.3, -0.25) is 9.89 Å². The van der Waals surface area contributed by atoms with Crippen LogP contribution in [0.25, 0.3) is 11.3 Å². The molecule has 2 aromatic carbocycles. The lowest BCUT2D eigenvalue weighted by molar-refractivity contribution is -0.134. The molecule has 0 unspecified atom stereocenters. The highest BCUT2D eigenvalue weighted by atomic mass is 35.5. The molecule has 7 heteroatoms. The van der Waals surface area contributed by atoms with E-state index in [0.29, 0.717) is 36.2 Å². The van der Waals surface area contributed by atoms with Crippen LogP contribution in [-0.2, 0) is 17.8 Å². The van der Waals surface area contributed by atoms with Crippen molar-refractivity contribution in [1.29, 1.82) is 0 Å². The third-order valence-corrected chi connectivity index (χ3v) is 5.16. The zero-order valence-electron chi connectivity index (χ0n) is 16.2. The SMILES string of the molecule is CCOc1ccccc1OCC(=O)N1CCc2[nH]nc(-c3ccc(Cl)cc3)c2C1. The fraction of sp³-hybridized carbons (Fsp3) is 0.273. The Morgan fingerprint density at radius 3 is 2.59 bits per heavy atom. The third-order valence-electron chi connectivity index (χ3n) is 4.90. The molecule has 4 rings (SSSR count). The number of halogens is 1. The second-order valence-corrected chi connectivity index (χ2v) is 7.21. The molecule has 1 N–H and O–H groups in total. The molecule has 0 saturated carbocycles. The Kier molecular flexibility index (Phi) is 5.71. The van der Waals surface area contributed by atoms with Crippen LogP contribution in [0.4, 0.5) is 0 Å². The van der Waals surface area contributed by atoms with E-state index in [0.717, 1.165) is 28.9 Å². The maximum absolute atomic E-state index is 12.8. The van der Waals surface area contributed by atoms with Crippen molar-refractivity contribution in [1.82, 2.24) is 15.1 Å². The highest BCUT2D eigenvalue weighted by Crippen LogP contribution is 2.30. The number of rotatable bonds is 6. The quantitative estimate of drug-likeness (QED) is 0.663. The zero-order chi connectivity index (χ0) is 20.2. The van der Waals surface area contributed by atoms with E-state index in [1.54, 1.807) is 11.0 Å². The number of carbonyl (C=O) groups is 1. The number of nitrogens with one attached hydrogen (secondary N) is 1. The number of para-hydroxylation sites is 2. The summed E-state index contributed by atoms with van der Waals surface area (Å²) in [5, 5.41) is 8.25. The van der Waals surface area contributed by atoms with Gasteiger partial charge in [0.25, 0.3) is 5.91 Å². The van der Waals surface area contributed by atoms with Gasteiger partial charge in [-0.25, -0.2) is 0 Å². The first kappa shape index (κ1) is 19.3. The van der Waals surface area contributed by atoms with Crippen LogP contribution in [0.2, 0.25) is 5.02 Å². The van der Waals surface area contributed by atoms with Gasteiger partial charge in [-0.2, -0.15) is 5.10 Å². The van der Waals surface area contributed by atoms with Crippen LogP contribution in [0.15, 0.2) is 48.5 Å². The smallest absolute Gasteiger partial charge is 0.260 e. The number of ether oxygens (including phenoxy) is 2. The summed E-state index contributed by atoms with van der Waals surface area (Å²) in [6, 6.07) is 14.9. The predicted octanol–water partition coefficient (Wildman–Crippen LogP) is 4.09. The Balaban J connectivity index is 1.45. The summed E-state index contributed by atoms with van der Waals surface area (Å²) in [6.45, 7) is 3.55. The number of fused-ring (bicyclic) bond motifs is 1. The van der Waals surface area contributed by atoms with Gasteiger partial charge in [0.15, 0.2) is 18.1 Å². The van der Waals surface area contributed by atoms with Crippen LogP contribution in [0.3, 0.4) is 0 Å². The van der Waals surface area contributed by atoms with Crippen molar-refractivity contribution in [3.8, 4) is 22.8 Å². The van der Waals surface area contributed by atoms with E-state index in [1.165, 1.54) is 0 Å². The predicted molar refractivity (Wildman–Crippen MR) is 111 cm³/mol. The van der Waals surface area contributed by atoms with Gasteiger partial charge in [0.05, 0.1) is 12.3 Å². The number of nitrogens with zero attached hydrogens (tertiary/aromatic N) is 2. The summed E-state index contributed by atoms with van der Waals surface area (Å²) in [5.41, 5.74) is 3.95. The van der Waals surface area contributed by atoms with Crippen molar-refractivity contribution in [3.63, 3.8) is 0 Å². The highest BCUT2D eigenvalue weighted by Gasteiger charge is 2.26. The Morgan fingerprint density at radius 2 is 1.86 bits per heavy atom. The lowest BCUT2D eigenvalue weighted by atomic mass is 10.0. The first-order valence-corrected chi connectivity index (χ1v) is 9.98. The summed E-state index contributed by atoms with van der Waals surface area (Å²) in [5.74, 6) is 1.15. The van der Waals surface area contributed by atoms with Crippen molar-refractivity contribution < 1.29 is 14.3 Å². The van der Waals surface area contributed by atoms with E-state index in [4.69, 9.17) is 21.1 Å². The van der Waals surface area contributed by atoms with Gasteiger partial charge in [-0.15, -0.1) is 0 Å². The Morgan fingerprint density at radius 1 is 1.14 bits per heavy atom. The maximum Gasteiger partial charge on any atom is 0.260 e. The molecule has 1 aromatic heterocycles. The first-order chi connectivity index (χ1) is 14.2. The molecule has 150 valence electrons. The molecule has 3 aromatic rings. The van der Waals surface area contributed by atoms with Crippen LogP contribution < -0.4 is 9.47 Å². The molecule has 0 aliphatic carbocycles. The lowest BCUT2D eigenvalue weighted by Crippen LogP contribution is -2.38. The van der Waals surface area contributed by atoms with Gasteiger partial charge in [0.1, 0.15) is 0 Å². The molecule has 0 fully saturated rings. The number of hydrogen-bond donors (Lipinski definition) is 1. The average Bonchev–Trinajstić information content (AvgIpc) is 3.17. The Bertz CT molecular complexity index is 1000. The van der Waals surface area contributed by atoms with E-state index >= 15 is 0 Å². The molecule has 0 saturated heterocycles. The van der Waals surface area contributed by atoms with Gasteiger partial charge in [-0.1, -0.05) is 35.9 Å². The average molecular weight is 412 g/mol. The molecule has 1 aliphatic rings. The summed E-state index contributed by atoms with van der Waals surface area (Å²) in [4.78, 5) is 14.6. The molecule has 0 atom stereocenters. The second-order valence-electron chi connectivity index (χ2n) is 6.77. The number of benzene rings is 2. The summed E-state index contributed by atoms with van der Waals surface area (Å²) >= 11 is 5.99. The van der Waals surface area contributed by atoms with E-state index in [-0.39, 0.29) is 12.5 Å². The van der Waals surface area contributed by atoms with Gasteiger partial charge in [-0.05, 0) is 31.2 Å². The van der Waals surface area contributed by atoms with Crippen LogP contribution in [0.5, 0.6) is 11.5 Å². The zero-order valence-corrected chi connectivity index (χ0v) is 16.9. The fourth-order valence-corrected chi connectivity index (χ4v) is 3.56. The molecule has 1 amide bonds. The molecule has 6 nitrogen and oxygen atoms in total. The minimum Gasteiger partial charge on any atom is -0.490 e. The molecule has 0 spiro atoms. The highest BCUT2D eigenvalue weighted by molar-refractivity contribution is 6.30. The molecular formula is C22H22ClN3O3.